The predicted molar refractivity (Wildman–Crippen MR) is 72.2 cm³/mol. The minimum Gasteiger partial charge on any atom is -0.497 e. The number of benzene rings is 2. The fraction of sp³-hybridized carbons (Fsp3) is 0.188. The summed E-state index contributed by atoms with van der Waals surface area (Å²) in [6, 6.07) is 15.3. The highest BCUT2D eigenvalue weighted by molar-refractivity contribution is 5.98. The van der Waals surface area contributed by atoms with Gasteiger partial charge in [0.05, 0.1) is 7.11 Å². The Hall–Kier alpha value is -2.09. The number of rotatable bonds is 4. The number of hydrogen-bond acceptors (Lipinski definition) is 2. The summed E-state index contributed by atoms with van der Waals surface area (Å²) in [5.74, 6) is 0.959. The molecule has 0 amide bonds. The van der Waals surface area contributed by atoms with Crippen molar-refractivity contribution in [3.05, 3.63) is 65.2 Å². The number of Topliss-reactive ketones (excluding diaryl/α,β-unsaturated/α-hetero) is 1. The molecule has 2 aromatic rings. The molecule has 0 saturated carbocycles. The molecule has 0 bridgehead atoms. The molecule has 0 aromatic heterocycles. The molecule has 0 N–H and O–H groups in total. The fourth-order valence-corrected chi connectivity index (χ4v) is 1.91. The van der Waals surface area contributed by atoms with Crippen molar-refractivity contribution in [2.24, 2.45) is 0 Å². The number of aryl methyl sites for hydroxylation is 1. The smallest absolute Gasteiger partial charge is 0.167 e. The van der Waals surface area contributed by atoms with Gasteiger partial charge < -0.3 is 4.74 Å². The number of ketones is 1. The van der Waals surface area contributed by atoms with E-state index in [1.807, 2.05) is 55.5 Å². The lowest BCUT2D eigenvalue weighted by Crippen LogP contribution is -2.05. The average Bonchev–Trinajstić information content (AvgIpc) is 2.40. The first-order valence-electron chi connectivity index (χ1n) is 5.92. The number of ether oxygens (including phenoxy) is 1. The normalized spacial score (nSPS) is 10.1. The Morgan fingerprint density at radius 3 is 2.33 bits per heavy atom. The number of carbonyl (C=O) groups excluding carboxylic acids is 1. The maximum Gasteiger partial charge on any atom is 0.167 e. The molecule has 0 aliphatic heterocycles. The second-order valence-electron chi connectivity index (χ2n) is 4.26. The zero-order valence-corrected chi connectivity index (χ0v) is 10.6. The predicted octanol–water partition coefficient (Wildman–Crippen LogP) is 3.43. The summed E-state index contributed by atoms with van der Waals surface area (Å²) in [6.45, 7) is 1.96. The molecular formula is C16H16O2. The van der Waals surface area contributed by atoms with Crippen LogP contribution >= 0.6 is 0 Å². The SMILES string of the molecule is COc1ccc(CC(=O)c2ccccc2C)cc1. The Morgan fingerprint density at radius 1 is 1.06 bits per heavy atom. The van der Waals surface area contributed by atoms with Gasteiger partial charge in [-0.3, -0.25) is 4.79 Å². The number of methoxy groups -OCH3 is 1. The molecule has 0 aliphatic rings. The van der Waals surface area contributed by atoms with E-state index in [0.29, 0.717) is 6.42 Å². The van der Waals surface area contributed by atoms with E-state index in [1.54, 1.807) is 7.11 Å². The first-order valence-corrected chi connectivity index (χ1v) is 5.92. The van der Waals surface area contributed by atoms with Crippen molar-refractivity contribution in [1.82, 2.24) is 0 Å². The maximum absolute atomic E-state index is 12.2. The third-order valence-corrected chi connectivity index (χ3v) is 2.97. The van der Waals surface area contributed by atoms with E-state index in [2.05, 4.69) is 0 Å². The van der Waals surface area contributed by atoms with Gasteiger partial charge in [0.15, 0.2) is 5.78 Å². The van der Waals surface area contributed by atoms with Crippen LogP contribution in [0.2, 0.25) is 0 Å². The molecule has 0 saturated heterocycles. The molecule has 0 atom stereocenters. The van der Waals surface area contributed by atoms with Crippen molar-refractivity contribution >= 4 is 5.78 Å². The van der Waals surface area contributed by atoms with E-state index in [4.69, 9.17) is 4.74 Å². The van der Waals surface area contributed by atoms with Gasteiger partial charge in [-0.1, -0.05) is 36.4 Å². The molecule has 0 heterocycles. The second kappa shape index (κ2) is 5.50. The van der Waals surface area contributed by atoms with Crippen LogP contribution in [0.25, 0.3) is 0 Å². The van der Waals surface area contributed by atoms with Crippen molar-refractivity contribution in [3.63, 3.8) is 0 Å². The van der Waals surface area contributed by atoms with E-state index in [9.17, 15) is 4.79 Å². The summed E-state index contributed by atoms with van der Waals surface area (Å²) in [4.78, 5) is 12.2. The first kappa shape index (κ1) is 12.4. The molecule has 0 radical (unpaired) electrons. The Balaban J connectivity index is 2.14. The Labute approximate surface area is 107 Å². The van der Waals surface area contributed by atoms with Crippen molar-refractivity contribution in [2.45, 2.75) is 13.3 Å². The van der Waals surface area contributed by atoms with Gasteiger partial charge in [-0.2, -0.15) is 0 Å². The summed E-state index contributed by atoms with van der Waals surface area (Å²) in [6.07, 6.45) is 0.425. The Morgan fingerprint density at radius 2 is 1.72 bits per heavy atom. The molecule has 18 heavy (non-hydrogen) atoms. The van der Waals surface area contributed by atoms with Crippen molar-refractivity contribution in [2.75, 3.05) is 7.11 Å². The summed E-state index contributed by atoms with van der Waals surface area (Å²) >= 11 is 0. The van der Waals surface area contributed by atoms with Crippen LogP contribution < -0.4 is 4.74 Å². The summed E-state index contributed by atoms with van der Waals surface area (Å²) < 4.78 is 5.09. The zero-order valence-electron chi connectivity index (χ0n) is 10.6. The van der Waals surface area contributed by atoms with Crippen LogP contribution in [0.5, 0.6) is 5.75 Å². The zero-order chi connectivity index (χ0) is 13.0. The molecule has 0 spiro atoms. The third-order valence-electron chi connectivity index (χ3n) is 2.97. The van der Waals surface area contributed by atoms with Gasteiger partial charge in [-0.15, -0.1) is 0 Å². The molecule has 2 heteroatoms. The lowest BCUT2D eigenvalue weighted by molar-refractivity contribution is 0.0992. The van der Waals surface area contributed by atoms with E-state index in [-0.39, 0.29) is 5.78 Å². The van der Waals surface area contributed by atoms with Gasteiger partial charge in [0.1, 0.15) is 5.75 Å². The van der Waals surface area contributed by atoms with Crippen molar-refractivity contribution < 1.29 is 9.53 Å². The fourth-order valence-electron chi connectivity index (χ4n) is 1.91. The highest BCUT2D eigenvalue weighted by Crippen LogP contribution is 2.15. The van der Waals surface area contributed by atoms with Crippen LogP contribution in [0, 0.1) is 6.92 Å². The van der Waals surface area contributed by atoms with E-state index >= 15 is 0 Å². The average molecular weight is 240 g/mol. The van der Waals surface area contributed by atoms with Crippen LogP contribution in [-0.4, -0.2) is 12.9 Å². The second-order valence-corrected chi connectivity index (χ2v) is 4.26. The lowest BCUT2D eigenvalue weighted by atomic mass is 9.99. The standard InChI is InChI=1S/C16H16O2/c1-12-5-3-4-6-15(12)16(17)11-13-7-9-14(18-2)10-8-13/h3-10H,11H2,1-2H3. The molecule has 92 valence electrons. The van der Waals surface area contributed by atoms with Gasteiger partial charge >= 0.3 is 0 Å². The summed E-state index contributed by atoms with van der Waals surface area (Å²) in [5.41, 5.74) is 2.83. The molecule has 0 aliphatic carbocycles. The van der Waals surface area contributed by atoms with Crippen molar-refractivity contribution in [3.8, 4) is 5.75 Å². The Bertz CT molecular complexity index is 541. The largest absolute Gasteiger partial charge is 0.497 e. The van der Waals surface area contributed by atoms with E-state index in [1.165, 1.54) is 0 Å². The summed E-state index contributed by atoms with van der Waals surface area (Å²) in [7, 11) is 1.63. The van der Waals surface area contributed by atoms with Crippen molar-refractivity contribution in [1.29, 1.82) is 0 Å². The van der Waals surface area contributed by atoms with E-state index < -0.39 is 0 Å². The van der Waals surface area contributed by atoms with E-state index in [0.717, 1.165) is 22.4 Å². The molecule has 0 unspecified atom stereocenters. The Kier molecular flexibility index (Phi) is 3.78. The van der Waals surface area contributed by atoms with Gasteiger partial charge in [0, 0.05) is 12.0 Å². The molecule has 0 fully saturated rings. The minimum absolute atomic E-state index is 0.151. The van der Waals surface area contributed by atoms with Gasteiger partial charge in [-0.25, -0.2) is 0 Å². The maximum atomic E-state index is 12.2. The van der Waals surface area contributed by atoms with Gasteiger partial charge in [0.2, 0.25) is 0 Å². The topological polar surface area (TPSA) is 26.3 Å². The molecule has 2 nitrogen and oxygen atoms in total. The number of carbonyl (C=O) groups is 1. The molecular weight excluding hydrogens is 224 g/mol. The van der Waals surface area contributed by atoms with Crippen LogP contribution in [0.3, 0.4) is 0 Å². The van der Waals surface area contributed by atoms with Crippen LogP contribution in [0.1, 0.15) is 21.5 Å². The molecule has 2 aromatic carbocycles. The quantitative estimate of drug-likeness (QED) is 0.765. The van der Waals surface area contributed by atoms with Gasteiger partial charge in [-0.05, 0) is 30.2 Å². The summed E-state index contributed by atoms with van der Waals surface area (Å²) in [5, 5.41) is 0. The van der Waals surface area contributed by atoms with Crippen LogP contribution in [0.4, 0.5) is 0 Å². The van der Waals surface area contributed by atoms with Gasteiger partial charge in [0.25, 0.3) is 0 Å². The first-order chi connectivity index (χ1) is 8.70. The van der Waals surface area contributed by atoms with Crippen LogP contribution in [-0.2, 0) is 6.42 Å². The lowest BCUT2D eigenvalue weighted by Gasteiger charge is -2.05. The highest BCUT2D eigenvalue weighted by Gasteiger charge is 2.09. The monoisotopic (exact) mass is 240 g/mol. The number of hydrogen-bond donors (Lipinski definition) is 0. The van der Waals surface area contributed by atoms with Crippen LogP contribution in [0.15, 0.2) is 48.5 Å². The minimum atomic E-state index is 0.151. The highest BCUT2D eigenvalue weighted by atomic mass is 16.5. The third kappa shape index (κ3) is 2.77. The molecule has 2 rings (SSSR count).